The predicted molar refractivity (Wildman–Crippen MR) is 72.7 cm³/mol. The fraction of sp³-hybridized carbons (Fsp3) is 0.867. The highest BCUT2D eigenvalue weighted by Gasteiger charge is 2.18. The Kier molecular flexibility index (Phi) is 6.79. The van der Waals surface area contributed by atoms with Gasteiger partial charge in [-0.15, -0.1) is 0 Å². The van der Waals surface area contributed by atoms with E-state index in [1.807, 2.05) is 0 Å². The second-order valence-electron chi connectivity index (χ2n) is 5.45. The van der Waals surface area contributed by atoms with Crippen molar-refractivity contribution in [1.29, 1.82) is 0 Å². The predicted octanol–water partition coefficient (Wildman–Crippen LogP) is 4.15. The number of hydrogen-bond acceptors (Lipinski definition) is 1. The van der Waals surface area contributed by atoms with Gasteiger partial charge >= 0.3 is 0 Å². The molecule has 0 heterocycles. The molecule has 2 atom stereocenters. The molecule has 0 radical (unpaired) electrons. The van der Waals surface area contributed by atoms with Gasteiger partial charge in [0.1, 0.15) is 0 Å². The molecule has 0 aromatic heterocycles. The van der Waals surface area contributed by atoms with Gasteiger partial charge in [0.05, 0.1) is 0 Å². The lowest BCUT2D eigenvalue weighted by Crippen LogP contribution is -2.22. The van der Waals surface area contributed by atoms with Crippen LogP contribution in [0.4, 0.5) is 0 Å². The molecule has 0 fully saturated rings. The van der Waals surface area contributed by atoms with E-state index in [2.05, 4.69) is 32.2 Å². The summed E-state index contributed by atoms with van der Waals surface area (Å²) in [7, 11) is 0. The normalized spacial score (nSPS) is 22.9. The monoisotopic (exact) mass is 223 g/mol. The van der Waals surface area contributed by atoms with Crippen LogP contribution in [-0.2, 0) is 0 Å². The van der Waals surface area contributed by atoms with Crippen molar-refractivity contribution in [1.82, 2.24) is 5.32 Å². The molecule has 1 heteroatoms. The molecule has 1 rings (SSSR count). The minimum Gasteiger partial charge on any atom is -0.317 e. The molecule has 1 nitrogen and oxygen atoms in total. The number of rotatable bonds is 7. The first-order valence-electron chi connectivity index (χ1n) is 7.10. The van der Waals surface area contributed by atoms with Crippen molar-refractivity contribution in [2.24, 2.45) is 11.8 Å². The summed E-state index contributed by atoms with van der Waals surface area (Å²) in [6, 6.07) is 0. The molecule has 0 aromatic carbocycles. The van der Waals surface area contributed by atoms with Crippen LogP contribution < -0.4 is 5.32 Å². The molecular weight excluding hydrogens is 194 g/mol. The standard InChI is InChI=1S/C15H29N/c1-4-5-11-16-12-10-14(3)15-8-6-13(2)7-9-15/h6,14-16H,4-5,7-12H2,1-3H3. The van der Waals surface area contributed by atoms with Crippen molar-refractivity contribution in [2.75, 3.05) is 13.1 Å². The van der Waals surface area contributed by atoms with E-state index in [0.717, 1.165) is 11.8 Å². The summed E-state index contributed by atoms with van der Waals surface area (Å²) in [4.78, 5) is 0. The molecular formula is C15H29N. The number of nitrogens with one attached hydrogen (secondary N) is 1. The summed E-state index contributed by atoms with van der Waals surface area (Å²) in [5.74, 6) is 1.83. The summed E-state index contributed by atoms with van der Waals surface area (Å²) in [5, 5.41) is 3.55. The summed E-state index contributed by atoms with van der Waals surface area (Å²) in [5.41, 5.74) is 1.60. The zero-order valence-electron chi connectivity index (χ0n) is 11.4. The molecule has 2 unspecified atom stereocenters. The van der Waals surface area contributed by atoms with Crippen molar-refractivity contribution in [2.45, 2.75) is 59.3 Å². The van der Waals surface area contributed by atoms with Crippen molar-refractivity contribution < 1.29 is 0 Å². The minimum absolute atomic E-state index is 0.887. The summed E-state index contributed by atoms with van der Waals surface area (Å²) < 4.78 is 0. The Labute approximate surface area is 102 Å². The van der Waals surface area contributed by atoms with Crippen LogP contribution in [0.1, 0.15) is 59.3 Å². The van der Waals surface area contributed by atoms with Crippen LogP contribution in [0.25, 0.3) is 0 Å². The average Bonchev–Trinajstić information content (AvgIpc) is 2.29. The highest BCUT2D eigenvalue weighted by Crippen LogP contribution is 2.30. The Hall–Kier alpha value is -0.300. The van der Waals surface area contributed by atoms with E-state index in [9.17, 15) is 0 Å². The van der Waals surface area contributed by atoms with E-state index in [0.29, 0.717) is 0 Å². The zero-order valence-corrected chi connectivity index (χ0v) is 11.4. The van der Waals surface area contributed by atoms with Crippen LogP contribution in [0.5, 0.6) is 0 Å². The van der Waals surface area contributed by atoms with Gasteiger partial charge in [0.2, 0.25) is 0 Å². The second kappa shape index (κ2) is 7.89. The lowest BCUT2D eigenvalue weighted by atomic mass is 9.80. The van der Waals surface area contributed by atoms with Gasteiger partial charge in [0.15, 0.2) is 0 Å². The number of hydrogen-bond donors (Lipinski definition) is 1. The molecule has 0 amide bonds. The van der Waals surface area contributed by atoms with Gasteiger partial charge in [0, 0.05) is 0 Å². The molecule has 1 aliphatic rings. The van der Waals surface area contributed by atoms with Crippen LogP contribution in [0.15, 0.2) is 11.6 Å². The third kappa shape index (κ3) is 5.16. The van der Waals surface area contributed by atoms with Crippen LogP contribution in [0.2, 0.25) is 0 Å². The van der Waals surface area contributed by atoms with Crippen molar-refractivity contribution in [3.8, 4) is 0 Å². The van der Waals surface area contributed by atoms with E-state index in [1.165, 1.54) is 51.6 Å². The number of unbranched alkanes of at least 4 members (excludes halogenated alkanes) is 1. The smallest absolute Gasteiger partial charge is 0.00463 e. The van der Waals surface area contributed by atoms with E-state index in [1.54, 1.807) is 5.57 Å². The lowest BCUT2D eigenvalue weighted by Gasteiger charge is -2.26. The van der Waals surface area contributed by atoms with Crippen LogP contribution >= 0.6 is 0 Å². The number of allylic oxidation sites excluding steroid dienone is 2. The van der Waals surface area contributed by atoms with Gasteiger partial charge in [-0.2, -0.15) is 0 Å². The van der Waals surface area contributed by atoms with Crippen molar-refractivity contribution >= 4 is 0 Å². The third-order valence-electron chi connectivity index (χ3n) is 3.97. The maximum Gasteiger partial charge on any atom is -0.00463 e. The molecule has 94 valence electrons. The van der Waals surface area contributed by atoms with Crippen molar-refractivity contribution in [3.63, 3.8) is 0 Å². The van der Waals surface area contributed by atoms with Gasteiger partial charge in [0.25, 0.3) is 0 Å². The molecule has 0 saturated heterocycles. The Morgan fingerprint density at radius 1 is 1.44 bits per heavy atom. The summed E-state index contributed by atoms with van der Waals surface area (Å²) in [6.45, 7) is 9.36. The van der Waals surface area contributed by atoms with E-state index in [-0.39, 0.29) is 0 Å². The van der Waals surface area contributed by atoms with Crippen LogP contribution in [0, 0.1) is 11.8 Å². The largest absolute Gasteiger partial charge is 0.317 e. The molecule has 1 aliphatic carbocycles. The molecule has 0 spiro atoms. The third-order valence-corrected chi connectivity index (χ3v) is 3.97. The lowest BCUT2D eigenvalue weighted by molar-refractivity contribution is 0.306. The fourth-order valence-electron chi connectivity index (χ4n) is 2.49. The second-order valence-corrected chi connectivity index (χ2v) is 5.45. The van der Waals surface area contributed by atoms with Gasteiger partial charge in [-0.05, 0) is 64.0 Å². The Morgan fingerprint density at radius 3 is 2.88 bits per heavy atom. The van der Waals surface area contributed by atoms with E-state index >= 15 is 0 Å². The Morgan fingerprint density at radius 2 is 2.25 bits per heavy atom. The first kappa shape index (κ1) is 13.8. The highest BCUT2D eigenvalue weighted by atomic mass is 14.8. The topological polar surface area (TPSA) is 12.0 Å². The van der Waals surface area contributed by atoms with Gasteiger partial charge in [-0.25, -0.2) is 0 Å². The molecule has 0 aliphatic heterocycles. The highest BCUT2D eigenvalue weighted by molar-refractivity contribution is 5.03. The van der Waals surface area contributed by atoms with Gasteiger partial charge < -0.3 is 5.32 Å². The quantitative estimate of drug-likeness (QED) is 0.505. The van der Waals surface area contributed by atoms with Crippen LogP contribution in [0.3, 0.4) is 0 Å². The fourth-order valence-corrected chi connectivity index (χ4v) is 2.49. The summed E-state index contributed by atoms with van der Waals surface area (Å²) in [6.07, 6.45) is 10.5. The minimum atomic E-state index is 0.887. The van der Waals surface area contributed by atoms with Gasteiger partial charge in [-0.3, -0.25) is 0 Å². The first-order chi connectivity index (χ1) is 7.74. The SMILES string of the molecule is CCCCNCCC(C)C1CC=C(C)CC1. The Bertz CT molecular complexity index is 207. The van der Waals surface area contributed by atoms with E-state index in [4.69, 9.17) is 0 Å². The molecule has 0 saturated carbocycles. The Balaban J connectivity index is 2.08. The first-order valence-corrected chi connectivity index (χ1v) is 7.10. The molecule has 1 N–H and O–H groups in total. The molecule has 0 bridgehead atoms. The zero-order chi connectivity index (χ0) is 11.8. The molecule has 0 aromatic rings. The van der Waals surface area contributed by atoms with E-state index < -0.39 is 0 Å². The van der Waals surface area contributed by atoms with Crippen LogP contribution in [-0.4, -0.2) is 13.1 Å². The van der Waals surface area contributed by atoms with Crippen molar-refractivity contribution in [3.05, 3.63) is 11.6 Å². The van der Waals surface area contributed by atoms with Gasteiger partial charge in [-0.1, -0.05) is 31.9 Å². The average molecular weight is 223 g/mol. The molecule has 16 heavy (non-hydrogen) atoms. The summed E-state index contributed by atoms with van der Waals surface area (Å²) >= 11 is 0. The maximum absolute atomic E-state index is 3.55. The maximum atomic E-state index is 3.55.